The first-order valence-corrected chi connectivity index (χ1v) is 10.6. The summed E-state index contributed by atoms with van der Waals surface area (Å²) in [5.74, 6) is -1.57. The van der Waals surface area contributed by atoms with Crippen LogP contribution in [-0.2, 0) is 14.3 Å². The summed E-state index contributed by atoms with van der Waals surface area (Å²) < 4.78 is 5.15. The van der Waals surface area contributed by atoms with E-state index in [1.165, 1.54) is 55.9 Å². The molecule has 0 unspecified atom stereocenters. The Hall–Kier alpha value is -1.90. The van der Waals surface area contributed by atoms with Crippen molar-refractivity contribution in [2.75, 3.05) is 23.8 Å². The predicted molar refractivity (Wildman–Crippen MR) is 126 cm³/mol. The van der Waals surface area contributed by atoms with Gasteiger partial charge in [-0.1, -0.05) is 43.0 Å². The first kappa shape index (κ1) is 26.4. The monoisotopic (exact) mass is 468 g/mol. The van der Waals surface area contributed by atoms with Gasteiger partial charge in [0.2, 0.25) is 11.8 Å². The van der Waals surface area contributed by atoms with Crippen molar-refractivity contribution in [1.29, 1.82) is 0 Å². The quantitative estimate of drug-likeness (QED) is 0.507. The van der Waals surface area contributed by atoms with E-state index in [1.807, 2.05) is 24.3 Å². The normalized spacial score (nSPS) is 13.7. The molecule has 0 spiro atoms. The molecule has 0 atom stereocenters. The third-order valence-corrected chi connectivity index (χ3v) is 5.46. The first-order valence-electron chi connectivity index (χ1n) is 10.2. The van der Waals surface area contributed by atoms with Crippen LogP contribution in [0, 0.1) is 0 Å². The molecule has 2 amide bonds. The Labute approximate surface area is 214 Å². The summed E-state index contributed by atoms with van der Waals surface area (Å²) in [4.78, 5) is 35.3. The molecule has 1 fully saturated rings. The van der Waals surface area contributed by atoms with E-state index in [0.717, 1.165) is 0 Å². The fourth-order valence-electron chi connectivity index (χ4n) is 3.70. The molecule has 166 valence electrons. The van der Waals surface area contributed by atoms with Gasteiger partial charge in [-0.3, -0.25) is 9.59 Å². The minimum absolute atomic E-state index is 0. The van der Waals surface area contributed by atoms with Gasteiger partial charge >= 0.3 is 35.5 Å². The molecule has 32 heavy (non-hydrogen) atoms. The van der Waals surface area contributed by atoms with Crippen molar-refractivity contribution in [1.82, 2.24) is 0 Å². The molecular weight excluding hydrogens is 443 g/mol. The molecule has 7 nitrogen and oxygen atoms in total. The molecule has 0 aliphatic heterocycles. The molecule has 0 aromatic heterocycles. The number of nitrogens with one attached hydrogen (secondary N) is 2. The second kappa shape index (κ2) is 13.0. The number of benzene rings is 2. The molecule has 1 saturated carbocycles. The van der Waals surface area contributed by atoms with Gasteiger partial charge in [-0.2, -0.15) is 0 Å². The van der Waals surface area contributed by atoms with E-state index < -0.39 is 18.5 Å². The zero-order valence-electron chi connectivity index (χ0n) is 17.0. The molecule has 1 aliphatic carbocycles. The van der Waals surface area contributed by atoms with Crippen molar-refractivity contribution in [3.8, 4) is 0 Å². The summed E-state index contributed by atoms with van der Waals surface area (Å²) in [5.41, 5.74) is 1.95. The van der Waals surface area contributed by atoms with E-state index in [-0.39, 0.29) is 58.3 Å². The first-order chi connectivity index (χ1) is 14.9. The van der Waals surface area contributed by atoms with E-state index in [2.05, 4.69) is 10.6 Å². The van der Waals surface area contributed by atoms with Gasteiger partial charge in [0.1, 0.15) is 13.2 Å². The third-order valence-electron chi connectivity index (χ3n) is 5.22. The minimum atomic E-state index is -1.22. The Kier molecular flexibility index (Phi) is 10.7. The second-order valence-electron chi connectivity index (χ2n) is 7.54. The summed E-state index contributed by atoms with van der Waals surface area (Å²) in [5, 5.41) is 14.6. The average Bonchev–Trinajstić information content (AvgIpc) is 2.76. The third kappa shape index (κ3) is 7.90. The standard InChI is InChI=1S/C23H25ClN2O5.Na.H/c24-17-8-11-20(19(12-17)23(29)30)26-22(28)14-31-13-21(27)25-18-9-6-16(7-10-18)15-4-2-1-3-5-15;;/h6-12,15H,1-5,13-14H2,(H,25,27)(H,26,28)(H,29,30);;. The Morgan fingerprint density at radius 3 is 2.19 bits per heavy atom. The number of hydrogen-bond acceptors (Lipinski definition) is 4. The van der Waals surface area contributed by atoms with E-state index in [0.29, 0.717) is 11.6 Å². The number of carboxylic acid groups (broad SMARTS) is 1. The van der Waals surface area contributed by atoms with Gasteiger partial charge < -0.3 is 20.5 Å². The number of anilines is 2. The molecule has 3 rings (SSSR count). The van der Waals surface area contributed by atoms with Crippen molar-refractivity contribution in [2.45, 2.75) is 38.0 Å². The number of aromatic carboxylic acids is 1. The molecular formula is C23H26ClN2NaO5. The number of halogens is 1. The van der Waals surface area contributed by atoms with Gasteiger partial charge in [-0.05, 0) is 54.7 Å². The Morgan fingerprint density at radius 1 is 0.938 bits per heavy atom. The van der Waals surface area contributed by atoms with Gasteiger partial charge in [-0.15, -0.1) is 0 Å². The summed E-state index contributed by atoms with van der Waals surface area (Å²) in [6, 6.07) is 12.0. The fourth-order valence-corrected chi connectivity index (χ4v) is 3.87. The van der Waals surface area contributed by atoms with Gasteiger partial charge in [0.15, 0.2) is 0 Å². The van der Waals surface area contributed by atoms with Crippen LogP contribution < -0.4 is 10.6 Å². The zero-order valence-corrected chi connectivity index (χ0v) is 17.8. The number of amides is 2. The number of hydrogen-bond donors (Lipinski definition) is 3. The van der Waals surface area contributed by atoms with Gasteiger partial charge in [-0.25, -0.2) is 4.79 Å². The molecule has 0 bridgehead atoms. The summed E-state index contributed by atoms with van der Waals surface area (Å²) in [6.07, 6.45) is 6.27. The molecule has 0 saturated heterocycles. The van der Waals surface area contributed by atoms with E-state index >= 15 is 0 Å². The number of carboxylic acids is 1. The van der Waals surface area contributed by atoms with E-state index in [4.69, 9.17) is 16.3 Å². The van der Waals surface area contributed by atoms with E-state index in [9.17, 15) is 19.5 Å². The topological polar surface area (TPSA) is 105 Å². The molecule has 3 N–H and O–H groups in total. The van der Waals surface area contributed by atoms with Crippen LogP contribution in [0.15, 0.2) is 42.5 Å². The summed E-state index contributed by atoms with van der Waals surface area (Å²) in [7, 11) is 0. The molecule has 2 aromatic rings. The predicted octanol–water partition coefficient (Wildman–Crippen LogP) is 4.03. The molecule has 9 heteroatoms. The SMILES string of the molecule is O=C(COCC(=O)Nc1ccc(Cl)cc1C(=O)O)Nc1ccc(C2CCCCC2)cc1.[NaH]. The number of carbonyl (C=O) groups excluding carboxylic acids is 2. The van der Waals surface area contributed by atoms with Crippen LogP contribution in [0.1, 0.15) is 53.9 Å². The molecule has 0 heterocycles. The molecule has 2 aromatic carbocycles. The van der Waals surface area contributed by atoms with Crippen LogP contribution >= 0.6 is 11.6 Å². The zero-order chi connectivity index (χ0) is 22.2. The van der Waals surface area contributed by atoms with E-state index in [1.54, 1.807) is 0 Å². The molecule has 1 aliphatic rings. The maximum absolute atomic E-state index is 12.1. The van der Waals surface area contributed by atoms with Crippen LogP contribution in [0.2, 0.25) is 5.02 Å². The van der Waals surface area contributed by atoms with Gasteiger partial charge in [0.25, 0.3) is 0 Å². The van der Waals surface area contributed by atoms with Crippen molar-refractivity contribution < 1.29 is 24.2 Å². The van der Waals surface area contributed by atoms with Crippen molar-refractivity contribution in [3.63, 3.8) is 0 Å². The van der Waals surface area contributed by atoms with Crippen LogP contribution in [0.25, 0.3) is 0 Å². The fraction of sp³-hybridized carbons (Fsp3) is 0.348. The van der Waals surface area contributed by atoms with Crippen molar-refractivity contribution in [2.24, 2.45) is 0 Å². The average molecular weight is 469 g/mol. The Balaban J connectivity index is 0.00000363. The molecule has 0 radical (unpaired) electrons. The van der Waals surface area contributed by atoms with Crippen LogP contribution in [0.4, 0.5) is 11.4 Å². The van der Waals surface area contributed by atoms with Crippen molar-refractivity contribution in [3.05, 3.63) is 58.6 Å². The van der Waals surface area contributed by atoms with Crippen molar-refractivity contribution >= 4 is 70.3 Å². The van der Waals surface area contributed by atoms with Crippen LogP contribution in [0.3, 0.4) is 0 Å². The maximum atomic E-state index is 12.1. The van der Waals surface area contributed by atoms with Gasteiger partial charge in [0.05, 0.1) is 11.3 Å². The number of ether oxygens (including phenoxy) is 1. The van der Waals surface area contributed by atoms with Crippen LogP contribution in [-0.4, -0.2) is 65.7 Å². The number of rotatable bonds is 8. The Bertz CT molecular complexity index is 946. The van der Waals surface area contributed by atoms with Crippen LogP contribution in [0.5, 0.6) is 0 Å². The number of carbonyl (C=O) groups is 3. The summed E-state index contributed by atoms with van der Waals surface area (Å²) in [6.45, 7) is -0.695. The Morgan fingerprint density at radius 2 is 1.56 bits per heavy atom. The van der Waals surface area contributed by atoms with Gasteiger partial charge in [0, 0.05) is 10.7 Å². The second-order valence-corrected chi connectivity index (χ2v) is 7.98. The summed E-state index contributed by atoms with van der Waals surface area (Å²) >= 11 is 5.79.